The molecule has 3 N–H and O–H groups in total. The first kappa shape index (κ1) is 15.6. The second-order valence-electron chi connectivity index (χ2n) is 3.85. The second-order valence-corrected chi connectivity index (χ2v) is 3.85. The molecule has 1 heterocycles. The average molecular weight is 273 g/mol. The quantitative estimate of drug-likeness (QED) is 0.625. The Hall–Kier alpha value is -1.48. The maximum absolute atomic E-state index is 11.7. The first-order valence-electron chi connectivity index (χ1n) is 5.71. The predicted molar refractivity (Wildman–Crippen MR) is 67.7 cm³/mol. The standard InChI is InChI=1S/C11H19N3O5/c1-17-6-8(7-18-2)19-10(5-15)14-4-3-9(12)13-11(14)16/h3-4,8,10,15H,5-7H2,1-2H3,(H2,12,13,16)/t10-/m1/s1. The van der Waals surface area contributed by atoms with E-state index in [9.17, 15) is 9.90 Å². The topological polar surface area (TPSA) is 109 Å². The highest BCUT2D eigenvalue weighted by Gasteiger charge is 2.19. The molecule has 0 saturated heterocycles. The Morgan fingerprint density at radius 3 is 2.53 bits per heavy atom. The number of nitrogens with two attached hydrogens (primary N) is 1. The van der Waals surface area contributed by atoms with Gasteiger partial charge in [-0.1, -0.05) is 0 Å². The van der Waals surface area contributed by atoms with Crippen LogP contribution < -0.4 is 11.4 Å². The summed E-state index contributed by atoms with van der Waals surface area (Å²) >= 11 is 0. The summed E-state index contributed by atoms with van der Waals surface area (Å²) in [4.78, 5) is 15.2. The van der Waals surface area contributed by atoms with Crippen LogP contribution in [0.5, 0.6) is 0 Å². The number of aliphatic hydroxyl groups excluding tert-OH is 1. The van der Waals surface area contributed by atoms with Crippen LogP contribution in [-0.2, 0) is 14.2 Å². The summed E-state index contributed by atoms with van der Waals surface area (Å²) in [5.41, 5.74) is 4.81. The first-order chi connectivity index (χ1) is 9.12. The minimum absolute atomic E-state index is 0.114. The lowest BCUT2D eigenvalue weighted by Gasteiger charge is -2.23. The van der Waals surface area contributed by atoms with Crippen LogP contribution in [0.4, 0.5) is 5.82 Å². The number of hydrogen-bond donors (Lipinski definition) is 2. The molecule has 0 spiro atoms. The fourth-order valence-electron chi connectivity index (χ4n) is 1.56. The Balaban J connectivity index is 2.84. The lowest BCUT2D eigenvalue weighted by Crippen LogP contribution is -2.35. The van der Waals surface area contributed by atoms with Crippen LogP contribution in [0.25, 0.3) is 0 Å². The van der Waals surface area contributed by atoms with Crippen molar-refractivity contribution in [3.05, 3.63) is 22.7 Å². The van der Waals surface area contributed by atoms with Crippen molar-refractivity contribution >= 4 is 5.82 Å². The van der Waals surface area contributed by atoms with Gasteiger partial charge in [-0.2, -0.15) is 4.98 Å². The monoisotopic (exact) mass is 273 g/mol. The van der Waals surface area contributed by atoms with E-state index in [0.717, 1.165) is 4.57 Å². The molecule has 0 bridgehead atoms. The third kappa shape index (κ3) is 4.60. The third-order valence-corrected chi connectivity index (χ3v) is 2.37. The highest BCUT2D eigenvalue weighted by molar-refractivity contribution is 5.23. The van der Waals surface area contributed by atoms with E-state index in [2.05, 4.69) is 4.98 Å². The number of nitrogen functional groups attached to an aromatic ring is 1. The number of ether oxygens (including phenoxy) is 3. The number of nitrogens with zero attached hydrogens (tertiary/aromatic N) is 2. The molecule has 0 aliphatic carbocycles. The van der Waals surface area contributed by atoms with Gasteiger partial charge < -0.3 is 25.1 Å². The van der Waals surface area contributed by atoms with Gasteiger partial charge in [0.05, 0.1) is 19.8 Å². The molecule has 1 aromatic heterocycles. The molecular weight excluding hydrogens is 254 g/mol. The van der Waals surface area contributed by atoms with Gasteiger partial charge in [0.1, 0.15) is 11.9 Å². The van der Waals surface area contributed by atoms with E-state index in [1.54, 1.807) is 0 Å². The lowest BCUT2D eigenvalue weighted by molar-refractivity contribution is -0.122. The molecule has 1 aromatic rings. The van der Waals surface area contributed by atoms with Gasteiger partial charge in [0.15, 0.2) is 6.23 Å². The van der Waals surface area contributed by atoms with Crippen LogP contribution in [0.2, 0.25) is 0 Å². The highest BCUT2D eigenvalue weighted by Crippen LogP contribution is 2.09. The van der Waals surface area contributed by atoms with Crippen molar-refractivity contribution in [3.8, 4) is 0 Å². The zero-order valence-corrected chi connectivity index (χ0v) is 11.0. The number of aromatic nitrogens is 2. The van der Waals surface area contributed by atoms with Gasteiger partial charge in [0, 0.05) is 20.4 Å². The average Bonchev–Trinajstić information content (AvgIpc) is 2.37. The van der Waals surface area contributed by atoms with E-state index in [4.69, 9.17) is 19.9 Å². The van der Waals surface area contributed by atoms with Crippen molar-refractivity contribution in [1.29, 1.82) is 0 Å². The normalized spacial score (nSPS) is 12.8. The highest BCUT2D eigenvalue weighted by atomic mass is 16.6. The fourth-order valence-corrected chi connectivity index (χ4v) is 1.56. The van der Waals surface area contributed by atoms with E-state index in [1.165, 1.54) is 26.5 Å². The molecule has 8 heteroatoms. The van der Waals surface area contributed by atoms with Crippen molar-refractivity contribution in [2.75, 3.05) is 39.8 Å². The Kier molecular flexibility index (Phi) is 6.43. The molecule has 0 saturated carbocycles. The minimum Gasteiger partial charge on any atom is -0.392 e. The number of methoxy groups -OCH3 is 2. The third-order valence-electron chi connectivity index (χ3n) is 2.37. The van der Waals surface area contributed by atoms with Gasteiger partial charge in [0.2, 0.25) is 0 Å². The van der Waals surface area contributed by atoms with Gasteiger partial charge in [-0.15, -0.1) is 0 Å². The smallest absolute Gasteiger partial charge is 0.351 e. The summed E-state index contributed by atoms with van der Waals surface area (Å²) in [6.45, 7) is 0.179. The molecule has 1 rings (SSSR count). The van der Waals surface area contributed by atoms with Crippen LogP contribution >= 0.6 is 0 Å². The van der Waals surface area contributed by atoms with Crippen LogP contribution in [0, 0.1) is 0 Å². The van der Waals surface area contributed by atoms with Crippen molar-refractivity contribution in [2.24, 2.45) is 0 Å². The van der Waals surface area contributed by atoms with Crippen molar-refractivity contribution in [1.82, 2.24) is 9.55 Å². The molecule has 8 nitrogen and oxygen atoms in total. The van der Waals surface area contributed by atoms with Crippen LogP contribution in [-0.4, -0.2) is 54.8 Å². The fraction of sp³-hybridized carbons (Fsp3) is 0.636. The van der Waals surface area contributed by atoms with Gasteiger partial charge in [-0.3, -0.25) is 4.57 Å². The maximum atomic E-state index is 11.7. The summed E-state index contributed by atoms with van der Waals surface area (Å²) in [5, 5.41) is 9.33. The molecule has 0 aromatic carbocycles. The summed E-state index contributed by atoms with van der Waals surface area (Å²) in [6, 6.07) is 1.45. The predicted octanol–water partition coefficient (Wildman–Crippen LogP) is -1.01. The Bertz CT molecular complexity index is 431. The zero-order chi connectivity index (χ0) is 14.3. The zero-order valence-electron chi connectivity index (χ0n) is 11.0. The summed E-state index contributed by atoms with van der Waals surface area (Å²) in [7, 11) is 3.05. The molecule has 0 aliphatic heterocycles. The van der Waals surface area contributed by atoms with Crippen LogP contribution in [0.1, 0.15) is 6.23 Å². The number of rotatable bonds is 8. The Labute approximate surface area is 110 Å². The first-order valence-corrected chi connectivity index (χ1v) is 5.71. The molecule has 0 radical (unpaired) electrons. The van der Waals surface area contributed by atoms with Crippen LogP contribution in [0.3, 0.4) is 0 Å². The van der Waals surface area contributed by atoms with Gasteiger partial charge in [-0.25, -0.2) is 4.79 Å². The summed E-state index contributed by atoms with van der Waals surface area (Å²) in [6.07, 6.45) is 0.148. The van der Waals surface area contributed by atoms with E-state index in [0.29, 0.717) is 0 Å². The van der Waals surface area contributed by atoms with E-state index in [-0.39, 0.29) is 25.6 Å². The molecule has 0 unspecified atom stereocenters. The van der Waals surface area contributed by atoms with Gasteiger partial charge in [-0.05, 0) is 6.07 Å². The van der Waals surface area contributed by atoms with Gasteiger partial charge >= 0.3 is 5.69 Å². The molecule has 0 fully saturated rings. The maximum Gasteiger partial charge on any atom is 0.351 e. The second kappa shape index (κ2) is 7.85. The largest absolute Gasteiger partial charge is 0.392 e. The minimum atomic E-state index is -0.865. The molecule has 108 valence electrons. The van der Waals surface area contributed by atoms with Crippen molar-refractivity contribution < 1.29 is 19.3 Å². The Morgan fingerprint density at radius 1 is 1.42 bits per heavy atom. The van der Waals surface area contributed by atoms with E-state index < -0.39 is 18.0 Å². The Morgan fingerprint density at radius 2 is 2.05 bits per heavy atom. The molecular formula is C11H19N3O5. The number of aliphatic hydroxyl groups is 1. The summed E-state index contributed by atoms with van der Waals surface area (Å²) < 4.78 is 16.7. The van der Waals surface area contributed by atoms with E-state index >= 15 is 0 Å². The molecule has 19 heavy (non-hydrogen) atoms. The van der Waals surface area contributed by atoms with E-state index in [1.807, 2.05) is 0 Å². The van der Waals surface area contributed by atoms with Crippen molar-refractivity contribution in [3.63, 3.8) is 0 Å². The number of anilines is 1. The number of hydrogen-bond acceptors (Lipinski definition) is 7. The molecule has 1 atom stereocenters. The van der Waals surface area contributed by atoms with Gasteiger partial charge in [0.25, 0.3) is 0 Å². The van der Waals surface area contributed by atoms with Crippen LogP contribution in [0.15, 0.2) is 17.1 Å². The summed E-state index contributed by atoms with van der Waals surface area (Å²) in [5.74, 6) is 0.114. The lowest BCUT2D eigenvalue weighted by atomic mass is 10.4. The molecule has 0 amide bonds. The van der Waals surface area contributed by atoms with Crippen molar-refractivity contribution in [2.45, 2.75) is 12.3 Å². The molecule has 0 aliphatic rings. The SMILES string of the molecule is COCC(COC)O[C@H](CO)n1ccc(N)nc1=O.